The topological polar surface area (TPSA) is 53.6 Å². The maximum atomic E-state index is 5.60. The van der Waals surface area contributed by atoms with Crippen molar-refractivity contribution in [2.24, 2.45) is 0 Å². The maximum Gasteiger partial charge on any atom is 0.161 e. The first-order valence-corrected chi connectivity index (χ1v) is 8.91. The molecule has 2 heterocycles. The minimum absolute atomic E-state index is 0.643. The van der Waals surface area contributed by atoms with Crippen LogP contribution in [0.1, 0.15) is 23.9 Å². The third-order valence-corrected chi connectivity index (χ3v) is 4.71. The van der Waals surface area contributed by atoms with Crippen LogP contribution in [0.25, 0.3) is 0 Å². The van der Waals surface area contributed by atoms with Crippen LogP contribution in [0.5, 0.6) is 11.5 Å². The van der Waals surface area contributed by atoms with E-state index in [1.165, 1.54) is 11.3 Å². The van der Waals surface area contributed by atoms with Crippen molar-refractivity contribution in [3.63, 3.8) is 0 Å². The van der Waals surface area contributed by atoms with Crippen LogP contribution in [-0.2, 0) is 6.54 Å². The van der Waals surface area contributed by atoms with Crippen LogP contribution in [0.2, 0.25) is 0 Å². The lowest BCUT2D eigenvalue weighted by Gasteiger charge is -2.36. The molecule has 0 saturated carbocycles. The number of ether oxygens (including phenoxy) is 2. The molecule has 0 spiro atoms. The normalized spacial score (nSPS) is 15.4. The number of hydrogen-bond donors (Lipinski definition) is 1. The van der Waals surface area contributed by atoms with Gasteiger partial charge >= 0.3 is 0 Å². The Labute approximate surface area is 149 Å². The molecule has 0 unspecified atom stereocenters. The van der Waals surface area contributed by atoms with E-state index in [4.69, 9.17) is 9.47 Å². The Kier molecular flexibility index (Phi) is 5.48. The Hall–Kier alpha value is -2.21. The second kappa shape index (κ2) is 7.78. The Morgan fingerprint density at radius 2 is 1.88 bits per heavy atom. The Morgan fingerprint density at radius 1 is 1.12 bits per heavy atom. The molecule has 25 heavy (non-hydrogen) atoms. The summed E-state index contributed by atoms with van der Waals surface area (Å²) in [6.07, 6.45) is 0. The summed E-state index contributed by atoms with van der Waals surface area (Å²) in [7, 11) is 1.69. The Balaban J connectivity index is 1.61. The highest BCUT2D eigenvalue weighted by Gasteiger charge is 2.21. The number of anilines is 1. The fourth-order valence-corrected chi connectivity index (χ4v) is 3.48. The van der Waals surface area contributed by atoms with E-state index < -0.39 is 0 Å². The van der Waals surface area contributed by atoms with Gasteiger partial charge in [0, 0.05) is 32.7 Å². The summed E-state index contributed by atoms with van der Waals surface area (Å²) < 4.78 is 11.1. The number of aryl methyl sites for hydroxylation is 2. The van der Waals surface area contributed by atoms with Crippen LogP contribution in [0, 0.1) is 13.8 Å². The van der Waals surface area contributed by atoms with Gasteiger partial charge in [0.2, 0.25) is 0 Å². The average Bonchev–Trinajstić information content (AvgIpc) is 2.96. The van der Waals surface area contributed by atoms with Gasteiger partial charge in [-0.25, -0.2) is 0 Å². The van der Waals surface area contributed by atoms with Gasteiger partial charge in [-0.2, -0.15) is 5.10 Å². The van der Waals surface area contributed by atoms with Crippen LogP contribution in [0.3, 0.4) is 0 Å². The summed E-state index contributed by atoms with van der Waals surface area (Å²) >= 11 is 0. The summed E-state index contributed by atoms with van der Waals surface area (Å²) in [6.45, 7) is 11.8. The number of rotatable bonds is 6. The molecule has 3 rings (SSSR count). The molecule has 6 heteroatoms. The minimum atomic E-state index is 0.643. The van der Waals surface area contributed by atoms with Gasteiger partial charge < -0.3 is 14.4 Å². The number of benzene rings is 1. The number of hydrogen-bond acceptors (Lipinski definition) is 5. The predicted molar refractivity (Wildman–Crippen MR) is 99.7 cm³/mol. The molecule has 1 aliphatic rings. The van der Waals surface area contributed by atoms with E-state index >= 15 is 0 Å². The summed E-state index contributed by atoms with van der Waals surface area (Å²) in [5.41, 5.74) is 4.76. The first-order chi connectivity index (χ1) is 12.1. The second-order valence-corrected chi connectivity index (χ2v) is 6.46. The SMILES string of the molecule is CCOc1ccc(CN2CCN(c3c(C)n[nH]c3C)CC2)cc1OC. The first kappa shape index (κ1) is 17.6. The molecule has 136 valence electrons. The van der Waals surface area contributed by atoms with Gasteiger partial charge in [-0.1, -0.05) is 6.07 Å². The Bertz CT molecular complexity index is 686. The van der Waals surface area contributed by atoms with Crippen molar-refractivity contribution in [1.82, 2.24) is 15.1 Å². The molecule has 1 fully saturated rings. The molecule has 0 radical (unpaired) electrons. The van der Waals surface area contributed by atoms with Gasteiger partial charge in [0.15, 0.2) is 11.5 Å². The number of aromatic nitrogens is 2. The third kappa shape index (κ3) is 3.90. The summed E-state index contributed by atoms with van der Waals surface area (Å²) in [5, 5.41) is 7.40. The number of aromatic amines is 1. The second-order valence-electron chi connectivity index (χ2n) is 6.46. The van der Waals surface area contributed by atoms with E-state index in [0.29, 0.717) is 6.61 Å². The monoisotopic (exact) mass is 344 g/mol. The molecule has 6 nitrogen and oxygen atoms in total. The van der Waals surface area contributed by atoms with Crippen LogP contribution in [0.4, 0.5) is 5.69 Å². The third-order valence-electron chi connectivity index (χ3n) is 4.71. The molecule has 1 aromatic heterocycles. The Morgan fingerprint density at radius 3 is 2.48 bits per heavy atom. The van der Waals surface area contributed by atoms with Crippen LogP contribution >= 0.6 is 0 Å². The molecule has 0 amide bonds. The van der Waals surface area contributed by atoms with Gasteiger partial charge in [-0.15, -0.1) is 0 Å². The minimum Gasteiger partial charge on any atom is -0.493 e. The smallest absolute Gasteiger partial charge is 0.161 e. The molecule has 1 saturated heterocycles. The number of piperazine rings is 1. The van der Waals surface area contributed by atoms with E-state index in [2.05, 4.69) is 46.0 Å². The number of H-pyrrole nitrogens is 1. The first-order valence-electron chi connectivity index (χ1n) is 8.91. The lowest BCUT2D eigenvalue weighted by Crippen LogP contribution is -2.46. The van der Waals surface area contributed by atoms with Gasteiger partial charge in [-0.05, 0) is 38.5 Å². The standard InChI is InChI=1S/C19H28N4O2/c1-5-25-17-7-6-16(12-18(17)24-4)13-22-8-10-23(11-9-22)19-14(2)20-21-15(19)3/h6-7,12H,5,8-11,13H2,1-4H3,(H,20,21). The average molecular weight is 344 g/mol. The highest BCUT2D eigenvalue weighted by Crippen LogP contribution is 2.29. The van der Waals surface area contributed by atoms with Gasteiger partial charge in [0.1, 0.15) is 0 Å². The molecule has 1 N–H and O–H groups in total. The van der Waals surface area contributed by atoms with Gasteiger partial charge in [-0.3, -0.25) is 10.00 Å². The maximum absolute atomic E-state index is 5.60. The number of nitrogens with zero attached hydrogens (tertiary/aromatic N) is 3. The van der Waals surface area contributed by atoms with Crippen LogP contribution < -0.4 is 14.4 Å². The molecule has 1 aliphatic heterocycles. The van der Waals surface area contributed by atoms with Crippen molar-refractivity contribution in [2.45, 2.75) is 27.3 Å². The van der Waals surface area contributed by atoms with E-state index in [1.807, 2.05) is 13.0 Å². The van der Waals surface area contributed by atoms with Crippen molar-refractivity contribution < 1.29 is 9.47 Å². The number of nitrogens with one attached hydrogen (secondary N) is 1. The molecule has 0 bridgehead atoms. The highest BCUT2D eigenvalue weighted by atomic mass is 16.5. The van der Waals surface area contributed by atoms with E-state index in [1.54, 1.807) is 7.11 Å². The molecular weight excluding hydrogens is 316 g/mol. The van der Waals surface area contributed by atoms with E-state index in [9.17, 15) is 0 Å². The lowest BCUT2D eigenvalue weighted by molar-refractivity contribution is 0.249. The van der Waals surface area contributed by atoms with Crippen molar-refractivity contribution in [3.05, 3.63) is 35.2 Å². The van der Waals surface area contributed by atoms with E-state index in [-0.39, 0.29) is 0 Å². The van der Waals surface area contributed by atoms with Crippen molar-refractivity contribution >= 4 is 5.69 Å². The quantitative estimate of drug-likeness (QED) is 0.873. The molecular formula is C19H28N4O2. The summed E-state index contributed by atoms with van der Waals surface area (Å²) in [5.74, 6) is 1.62. The van der Waals surface area contributed by atoms with Gasteiger partial charge in [0.25, 0.3) is 0 Å². The highest BCUT2D eigenvalue weighted by molar-refractivity contribution is 5.54. The van der Waals surface area contributed by atoms with Crippen molar-refractivity contribution in [3.8, 4) is 11.5 Å². The molecule has 0 atom stereocenters. The van der Waals surface area contributed by atoms with Gasteiger partial charge in [0.05, 0.1) is 30.8 Å². The fraction of sp³-hybridized carbons (Fsp3) is 0.526. The molecule has 0 aliphatic carbocycles. The largest absolute Gasteiger partial charge is 0.493 e. The predicted octanol–water partition coefficient (Wildman–Crippen LogP) is 2.76. The number of methoxy groups -OCH3 is 1. The van der Waals surface area contributed by atoms with Crippen molar-refractivity contribution in [1.29, 1.82) is 0 Å². The molecule has 1 aromatic carbocycles. The fourth-order valence-electron chi connectivity index (χ4n) is 3.48. The van der Waals surface area contributed by atoms with Crippen LogP contribution in [0.15, 0.2) is 18.2 Å². The zero-order valence-corrected chi connectivity index (χ0v) is 15.6. The zero-order chi connectivity index (χ0) is 17.8. The van der Waals surface area contributed by atoms with E-state index in [0.717, 1.165) is 55.6 Å². The van der Waals surface area contributed by atoms with Crippen molar-refractivity contribution in [2.75, 3.05) is 44.8 Å². The summed E-state index contributed by atoms with van der Waals surface area (Å²) in [4.78, 5) is 4.92. The lowest BCUT2D eigenvalue weighted by atomic mass is 10.1. The zero-order valence-electron chi connectivity index (χ0n) is 15.6. The summed E-state index contributed by atoms with van der Waals surface area (Å²) in [6, 6.07) is 6.22. The van der Waals surface area contributed by atoms with Crippen LogP contribution in [-0.4, -0.2) is 55.0 Å². The molecule has 2 aromatic rings.